The molecule has 35 heavy (non-hydrogen) atoms. The number of anilines is 1. The second-order valence-electron chi connectivity index (χ2n) is 10.6. The van der Waals surface area contributed by atoms with Crippen molar-refractivity contribution < 1.29 is 23.7 Å². The quantitative estimate of drug-likeness (QED) is 0.547. The number of benzene rings is 1. The van der Waals surface area contributed by atoms with E-state index in [9.17, 15) is 9.50 Å². The summed E-state index contributed by atoms with van der Waals surface area (Å²) < 4.78 is 33.7. The van der Waals surface area contributed by atoms with Crippen molar-refractivity contribution in [1.82, 2.24) is 19.5 Å². The molecule has 3 fully saturated rings. The molecule has 2 aromatic heterocycles. The number of rotatable bonds is 3. The van der Waals surface area contributed by atoms with Crippen molar-refractivity contribution in [3.63, 3.8) is 0 Å². The lowest BCUT2D eigenvalue weighted by atomic mass is 9.77. The van der Waals surface area contributed by atoms with Crippen LogP contribution in [-0.4, -0.2) is 68.4 Å². The molecule has 4 aliphatic rings. The Labute approximate surface area is 205 Å². The van der Waals surface area contributed by atoms with Crippen LogP contribution in [0.1, 0.15) is 31.2 Å². The maximum absolute atomic E-state index is 13.7. The second kappa shape index (κ2) is 7.33. The van der Waals surface area contributed by atoms with Crippen LogP contribution in [0.2, 0.25) is 5.28 Å². The summed E-state index contributed by atoms with van der Waals surface area (Å²) >= 11 is 6.37. The van der Waals surface area contributed by atoms with Gasteiger partial charge in [0.25, 0.3) is 0 Å². The number of aliphatic hydroxyl groups excluding tert-OH is 1. The first-order valence-corrected chi connectivity index (χ1v) is 12.2. The SMILES string of the molecule is CC1(C)OC2C(O1)[C@@H](CO)O[C@H]2n1cnc2c(N3CC4(Cc5ccc(F)cc5C4)C3)nc(Cl)nc21. The van der Waals surface area contributed by atoms with Crippen molar-refractivity contribution in [3.8, 4) is 0 Å². The van der Waals surface area contributed by atoms with Crippen molar-refractivity contribution in [2.75, 3.05) is 24.6 Å². The van der Waals surface area contributed by atoms with Gasteiger partial charge in [-0.3, -0.25) is 4.57 Å². The van der Waals surface area contributed by atoms with Gasteiger partial charge in [0.05, 0.1) is 12.9 Å². The van der Waals surface area contributed by atoms with Crippen LogP contribution in [0.5, 0.6) is 0 Å². The smallest absolute Gasteiger partial charge is 0.226 e. The Morgan fingerprint density at radius 3 is 2.71 bits per heavy atom. The number of hydrogen-bond acceptors (Lipinski definition) is 8. The van der Waals surface area contributed by atoms with Gasteiger partial charge in [0.2, 0.25) is 5.28 Å². The minimum atomic E-state index is -0.785. The average Bonchev–Trinajstić information content (AvgIpc) is 3.51. The molecule has 9 nitrogen and oxygen atoms in total. The normalized spacial score (nSPS) is 30.1. The third-order valence-electron chi connectivity index (χ3n) is 7.61. The van der Waals surface area contributed by atoms with Crippen molar-refractivity contribution in [2.24, 2.45) is 5.41 Å². The van der Waals surface area contributed by atoms with Gasteiger partial charge in [0.15, 0.2) is 29.0 Å². The van der Waals surface area contributed by atoms with E-state index in [2.05, 4.69) is 19.9 Å². The molecule has 2 unspecified atom stereocenters. The Morgan fingerprint density at radius 1 is 1.14 bits per heavy atom. The maximum Gasteiger partial charge on any atom is 0.226 e. The fourth-order valence-electron chi connectivity index (χ4n) is 6.25. The third-order valence-corrected chi connectivity index (χ3v) is 7.78. The molecule has 1 aromatic carbocycles. The summed E-state index contributed by atoms with van der Waals surface area (Å²) in [6, 6.07) is 5.08. The summed E-state index contributed by atoms with van der Waals surface area (Å²) in [4.78, 5) is 15.8. The van der Waals surface area contributed by atoms with Gasteiger partial charge in [0.1, 0.15) is 24.1 Å². The van der Waals surface area contributed by atoms with Crippen molar-refractivity contribution in [2.45, 2.75) is 57.0 Å². The van der Waals surface area contributed by atoms with Gasteiger partial charge in [-0.05, 0) is 61.5 Å². The van der Waals surface area contributed by atoms with Crippen LogP contribution in [0, 0.1) is 11.2 Å². The molecule has 5 heterocycles. The molecular formula is C24H25ClFN5O4. The highest BCUT2D eigenvalue weighted by atomic mass is 35.5. The van der Waals surface area contributed by atoms with Crippen molar-refractivity contribution in [1.29, 1.82) is 0 Å². The van der Waals surface area contributed by atoms with E-state index in [1.54, 1.807) is 17.0 Å². The number of halogens is 2. The fourth-order valence-corrected chi connectivity index (χ4v) is 6.41. The Kier molecular flexibility index (Phi) is 4.58. The summed E-state index contributed by atoms with van der Waals surface area (Å²) in [5, 5.41) is 9.95. The number of aliphatic hydroxyl groups is 1. The zero-order chi connectivity index (χ0) is 24.1. The monoisotopic (exact) mass is 501 g/mol. The first kappa shape index (κ1) is 21.9. The summed E-state index contributed by atoms with van der Waals surface area (Å²) in [5.74, 6) is -0.303. The van der Waals surface area contributed by atoms with Gasteiger partial charge >= 0.3 is 0 Å². The Morgan fingerprint density at radius 2 is 1.91 bits per heavy atom. The number of aromatic nitrogens is 4. The zero-order valence-corrected chi connectivity index (χ0v) is 20.1. The maximum atomic E-state index is 13.7. The summed E-state index contributed by atoms with van der Waals surface area (Å²) in [6.45, 7) is 5.06. The Bertz CT molecular complexity index is 1340. The Hall–Kier alpha value is -2.37. The predicted octanol–water partition coefficient (Wildman–Crippen LogP) is 2.63. The van der Waals surface area contributed by atoms with Crippen LogP contribution in [-0.2, 0) is 27.1 Å². The molecule has 4 atom stereocenters. The fraction of sp³-hybridized carbons (Fsp3) is 0.542. The van der Waals surface area contributed by atoms with Gasteiger partial charge < -0.3 is 24.2 Å². The van der Waals surface area contributed by atoms with Crippen LogP contribution in [0.4, 0.5) is 10.2 Å². The summed E-state index contributed by atoms with van der Waals surface area (Å²) in [6.07, 6.45) is 1.49. The minimum Gasteiger partial charge on any atom is -0.394 e. The highest BCUT2D eigenvalue weighted by Crippen LogP contribution is 2.47. The topological polar surface area (TPSA) is 94.8 Å². The van der Waals surface area contributed by atoms with Crippen LogP contribution < -0.4 is 4.90 Å². The highest BCUT2D eigenvalue weighted by Gasteiger charge is 2.56. The summed E-state index contributed by atoms with van der Waals surface area (Å²) in [7, 11) is 0. The molecule has 0 bridgehead atoms. The van der Waals surface area contributed by atoms with Crippen LogP contribution in [0.15, 0.2) is 24.5 Å². The molecule has 3 aliphatic heterocycles. The van der Waals surface area contributed by atoms with Gasteiger partial charge in [-0.15, -0.1) is 0 Å². The van der Waals surface area contributed by atoms with Gasteiger partial charge in [-0.2, -0.15) is 9.97 Å². The van der Waals surface area contributed by atoms with E-state index >= 15 is 0 Å². The van der Waals surface area contributed by atoms with Crippen LogP contribution >= 0.6 is 11.6 Å². The van der Waals surface area contributed by atoms with Crippen LogP contribution in [0.25, 0.3) is 11.2 Å². The molecule has 7 rings (SSSR count). The zero-order valence-electron chi connectivity index (χ0n) is 19.3. The van der Waals surface area contributed by atoms with Gasteiger partial charge in [-0.25, -0.2) is 9.37 Å². The van der Waals surface area contributed by atoms with E-state index < -0.39 is 30.3 Å². The first-order valence-electron chi connectivity index (χ1n) is 11.8. The van der Waals surface area contributed by atoms with Gasteiger partial charge in [-0.1, -0.05) is 6.07 Å². The lowest BCUT2D eigenvalue weighted by molar-refractivity contribution is -0.199. The van der Waals surface area contributed by atoms with E-state index in [0.29, 0.717) is 17.0 Å². The number of ether oxygens (including phenoxy) is 3. The molecular weight excluding hydrogens is 477 g/mol. The lowest BCUT2D eigenvalue weighted by Gasteiger charge is -2.49. The standard InChI is InChI=1S/C24H25ClFN5O4/c1-23(2)34-17-15(8-32)33-21(18(17)35-23)31-11-27-16-19(28-22(25)29-20(16)31)30-9-24(10-30)6-12-3-4-14(26)5-13(12)7-24/h3-5,11,15,17-18,21,32H,6-10H2,1-2H3/t15-,17?,18?,21-/m1/s1. The lowest BCUT2D eigenvalue weighted by Crippen LogP contribution is -2.57. The highest BCUT2D eigenvalue weighted by molar-refractivity contribution is 6.28. The summed E-state index contributed by atoms with van der Waals surface area (Å²) in [5.41, 5.74) is 3.53. The second-order valence-corrected chi connectivity index (χ2v) is 10.9. The van der Waals surface area contributed by atoms with Crippen LogP contribution in [0.3, 0.4) is 0 Å². The molecule has 3 saturated heterocycles. The molecule has 1 aliphatic carbocycles. The molecule has 184 valence electrons. The van der Waals surface area contributed by atoms with E-state index in [0.717, 1.165) is 31.5 Å². The molecule has 0 saturated carbocycles. The van der Waals surface area contributed by atoms with Gasteiger partial charge in [0, 0.05) is 18.5 Å². The van der Waals surface area contributed by atoms with Crippen molar-refractivity contribution in [3.05, 3.63) is 46.8 Å². The van der Waals surface area contributed by atoms with E-state index in [4.69, 9.17) is 25.8 Å². The third kappa shape index (κ3) is 3.31. The molecule has 0 radical (unpaired) electrons. The number of fused-ring (bicyclic) bond motifs is 3. The molecule has 3 aromatic rings. The number of imidazole rings is 1. The largest absolute Gasteiger partial charge is 0.394 e. The van der Waals surface area contributed by atoms with E-state index in [1.165, 1.54) is 11.6 Å². The number of hydrogen-bond donors (Lipinski definition) is 1. The molecule has 0 amide bonds. The Balaban J connectivity index is 1.19. The molecule has 11 heteroatoms. The molecule has 1 spiro atoms. The molecule has 1 N–H and O–H groups in total. The predicted molar refractivity (Wildman–Crippen MR) is 124 cm³/mol. The average molecular weight is 502 g/mol. The van der Waals surface area contributed by atoms with E-state index in [1.807, 2.05) is 19.9 Å². The number of nitrogens with zero attached hydrogens (tertiary/aromatic N) is 5. The first-order chi connectivity index (χ1) is 16.7. The van der Waals surface area contributed by atoms with E-state index in [-0.39, 0.29) is 23.1 Å². The minimum absolute atomic E-state index is 0.0686. The van der Waals surface area contributed by atoms with Crippen molar-refractivity contribution >= 4 is 28.6 Å².